The van der Waals surface area contributed by atoms with Crippen LogP contribution in [-0.4, -0.2) is 5.71 Å². The third-order valence-electron chi connectivity index (χ3n) is 8.97. The molecule has 2 atom stereocenters. The minimum atomic E-state index is -0.168. The van der Waals surface area contributed by atoms with Gasteiger partial charge in [0.2, 0.25) is 0 Å². The van der Waals surface area contributed by atoms with Crippen LogP contribution in [0.5, 0.6) is 0 Å². The van der Waals surface area contributed by atoms with E-state index in [4.69, 9.17) is 4.99 Å². The van der Waals surface area contributed by atoms with E-state index in [1.807, 2.05) is 19.1 Å². The maximum atomic E-state index is 14.1. The molecule has 214 valence electrons. The van der Waals surface area contributed by atoms with Gasteiger partial charge in [0, 0.05) is 17.8 Å². The van der Waals surface area contributed by atoms with Gasteiger partial charge in [-0.15, -0.1) is 0 Å². The molecule has 1 aromatic rings. The van der Waals surface area contributed by atoms with Crippen molar-refractivity contribution in [2.24, 2.45) is 22.7 Å². The number of allylic oxidation sites excluding steroid dienone is 5. The van der Waals surface area contributed by atoms with Crippen LogP contribution in [0.4, 0.5) is 4.39 Å². The van der Waals surface area contributed by atoms with Crippen LogP contribution in [0.25, 0.3) is 6.08 Å². The van der Waals surface area contributed by atoms with Crippen LogP contribution in [0, 0.1) is 23.6 Å². The number of halogens is 1. The molecular formula is C37H54FN. The van der Waals surface area contributed by atoms with E-state index in [-0.39, 0.29) is 5.82 Å². The van der Waals surface area contributed by atoms with E-state index in [1.165, 1.54) is 81.2 Å². The molecule has 1 unspecified atom stereocenters. The first kappa shape index (κ1) is 31.3. The van der Waals surface area contributed by atoms with Gasteiger partial charge < -0.3 is 0 Å². The Bertz CT molecular complexity index is 1020. The fourth-order valence-electron chi connectivity index (χ4n) is 6.24. The zero-order chi connectivity index (χ0) is 28.0. The molecule has 1 aliphatic heterocycles. The average molecular weight is 532 g/mol. The van der Waals surface area contributed by atoms with Gasteiger partial charge in [-0.05, 0) is 99.3 Å². The summed E-state index contributed by atoms with van der Waals surface area (Å²) in [6, 6.07) is 5.12. The number of benzene rings is 1. The third kappa shape index (κ3) is 11.4. The molecule has 39 heavy (non-hydrogen) atoms. The summed E-state index contributed by atoms with van der Waals surface area (Å²) in [6.45, 7) is 15.0. The smallest absolute Gasteiger partial charge is 0.123 e. The fraction of sp³-hybridized carbons (Fsp3) is 0.595. The quantitative estimate of drug-likeness (QED) is 0.108. The number of nitrogens with zero attached hydrogens (tertiary/aromatic N) is 1. The summed E-state index contributed by atoms with van der Waals surface area (Å²) in [5.74, 6) is 1.87. The van der Waals surface area contributed by atoms with Crippen molar-refractivity contribution in [1.82, 2.24) is 0 Å². The molecule has 1 saturated carbocycles. The van der Waals surface area contributed by atoms with E-state index < -0.39 is 0 Å². The first-order valence-corrected chi connectivity index (χ1v) is 15.9. The Kier molecular flexibility index (Phi) is 13.5. The van der Waals surface area contributed by atoms with Gasteiger partial charge >= 0.3 is 0 Å². The number of hydrogen-bond acceptors (Lipinski definition) is 1. The monoisotopic (exact) mass is 531 g/mol. The number of rotatable bonds is 17. The van der Waals surface area contributed by atoms with Gasteiger partial charge in [0.05, 0.1) is 0 Å². The molecule has 1 nitrogen and oxygen atoms in total. The largest absolute Gasteiger partial charge is 0.262 e. The summed E-state index contributed by atoms with van der Waals surface area (Å²) in [5, 5.41) is 0. The van der Waals surface area contributed by atoms with E-state index in [0.29, 0.717) is 11.8 Å². The van der Waals surface area contributed by atoms with Crippen molar-refractivity contribution in [3.05, 3.63) is 77.3 Å². The van der Waals surface area contributed by atoms with Crippen molar-refractivity contribution in [3.63, 3.8) is 0 Å². The Morgan fingerprint density at radius 1 is 1.10 bits per heavy atom. The highest BCUT2D eigenvalue weighted by Gasteiger charge is 2.17. The summed E-state index contributed by atoms with van der Waals surface area (Å²) in [5.41, 5.74) is 7.17. The van der Waals surface area contributed by atoms with Gasteiger partial charge in [0.15, 0.2) is 0 Å². The molecule has 1 heterocycles. The van der Waals surface area contributed by atoms with E-state index in [1.54, 1.807) is 12.1 Å². The SMILES string of the molecule is C=C(C)/C=C/c1ccc(F)cc1C[C@@H](CC)C(=C)CCC(C)CCC1=NC(CCCCC2CCCCC2)=CC1. The van der Waals surface area contributed by atoms with Crippen LogP contribution < -0.4 is 0 Å². The van der Waals surface area contributed by atoms with Gasteiger partial charge in [0.1, 0.15) is 5.82 Å². The second kappa shape index (κ2) is 16.8. The van der Waals surface area contributed by atoms with Crippen LogP contribution in [-0.2, 0) is 6.42 Å². The van der Waals surface area contributed by atoms with E-state index in [0.717, 1.165) is 61.1 Å². The minimum absolute atomic E-state index is 0.168. The molecule has 2 heteroatoms. The molecule has 3 rings (SSSR count). The van der Waals surface area contributed by atoms with Crippen molar-refractivity contribution in [1.29, 1.82) is 0 Å². The molecule has 0 aromatic heterocycles. The maximum absolute atomic E-state index is 14.1. The Morgan fingerprint density at radius 2 is 1.90 bits per heavy atom. The molecule has 0 N–H and O–H groups in total. The molecule has 0 spiro atoms. The lowest BCUT2D eigenvalue weighted by atomic mass is 9.84. The summed E-state index contributed by atoms with van der Waals surface area (Å²) in [4.78, 5) is 4.99. The third-order valence-corrected chi connectivity index (χ3v) is 8.97. The van der Waals surface area contributed by atoms with E-state index in [2.05, 4.69) is 39.2 Å². The highest BCUT2D eigenvalue weighted by Crippen LogP contribution is 2.30. The molecule has 0 amide bonds. The van der Waals surface area contributed by atoms with Crippen LogP contribution in [0.2, 0.25) is 0 Å². The molecule has 1 fully saturated rings. The molecule has 0 radical (unpaired) electrons. The molecule has 1 aliphatic carbocycles. The lowest BCUT2D eigenvalue weighted by Crippen LogP contribution is -2.09. The van der Waals surface area contributed by atoms with Crippen LogP contribution >= 0.6 is 0 Å². The summed E-state index contributed by atoms with van der Waals surface area (Å²) < 4.78 is 14.1. The fourth-order valence-corrected chi connectivity index (χ4v) is 6.24. The van der Waals surface area contributed by atoms with E-state index >= 15 is 0 Å². The highest BCUT2D eigenvalue weighted by atomic mass is 19.1. The van der Waals surface area contributed by atoms with Crippen molar-refractivity contribution >= 4 is 11.8 Å². The first-order chi connectivity index (χ1) is 18.8. The molecule has 0 bridgehead atoms. The van der Waals surface area contributed by atoms with E-state index in [9.17, 15) is 4.39 Å². The lowest BCUT2D eigenvalue weighted by molar-refractivity contribution is 0.330. The predicted molar refractivity (Wildman–Crippen MR) is 170 cm³/mol. The second-order valence-corrected chi connectivity index (χ2v) is 12.5. The zero-order valence-corrected chi connectivity index (χ0v) is 25.2. The molecule has 2 aliphatic rings. The standard InChI is InChI=1S/C37H54FN/c1-6-32(26-34-27-35(38)22-21-33(34)20-16-28(2)3)30(5)19-17-29(4)18-23-37-25-24-36(39-37)15-11-10-14-31-12-8-7-9-13-31/h16,20-22,24,27,29,31-32H,2,5-15,17-19,23,25-26H2,1,3-4H3/b20-16+/t29?,32-/m1/s1. The minimum Gasteiger partial charge on any atom is -0.262 e. The van der Waals surface area contributed by atoms with Crippen LogP contribution in [0.1, 0.15) is 128 Å². The van der Waals surface area contributed by atoms with Gasteiger partial charge in [-0.25, -0.2) is 4.39 Å². The average Bonchev–Trinajstić information content (AvgIpc) is 3.39. The van der Waals surface area contributed by atoms with Crippen molar-refractivity contribution < 1.29 is 4.39 Å². The number of aliphatic imine (C=N–C) groups is 1. The Hall–Kier alpha value is -2.22. The summed E-state index contributed by atoms with van der Waals surface area (Å²) in [6.07, 6.45) is 26.5. The highest BCUT2D eigenvalue weighted by molar-refractivity contribution is 5.88. The van der Waals surface area contributed by atoms with Gasteiger partial charge in [0.25, 0.3) is 0 Å². The van der Waals surface area contributed by atoms with Crippen molar-refractivity contribution in [2.75, 3.05) is 0 Å². The topological polar surface area (TPSA) is 12.4 Å². The number of hydrogen-bond donors (Lipinski definition) is 0. The van der Waals surface area contributed by atoms with Crippen molar-refractivity contribution in [2.45, 2.75) is 124 Å². The molecule has 0 saturated heterocycles. The van der Waals surface area contributed by atoms with Gasteiger partial charge in [-0.1, -0.05) is 107 Å². The van der Waals surface area contributed by atoms with Crippen LogP contribution in [0.3, 0.4) is 0 Å². The predicted octanol–water partition coefficient (Wildman–Crippen LogP) is 11.6. The molecule has 1 aromatic carbocycles. The summed E-state index contributed by atoms with van der Waals surface area (Å²) >= 11 is 0. The Balaban J connectivity index is 1.37. The lowest BCUT2D eigenvalue weighted by Gasteiger charge is -2.21. The first-order valence-electron chi connectivity index (χ1n) is 15.9. The van der Waals surface area contributed by atoms with Crippen molar-refractivity contribution in [3.8, 4) is 0 Å². The zero-order valence-electron chi connectivity index (χ0n) is 25.2. The van der Waals surface area contributed by atoms with Gasteiger partial charge in [-0.3, -0.25) is 4.99 Å². The molecular weight excluding hydrogens is 477 g/mol. The van der Waals surface area contributed by atoms with Crippen LogP contribution in [0.15, 0.2) is 65.3 Å². The van der Waals surface area contributed by atoms with Gasteiger partial charge in [-0.2, -0.15) is 0 Å². The Labute approximate surface area is 239 Å². The summed E-state index contributed by atoms with van der Waals surface area (Å²) in [7, 11) is 0. The Morgan fingerprint density at radius 3 is 2.64 bits per heavy atom. The normalized spacial score (nSPS) is 17.7. The second-order valence-electron chi connectivity index (χ2n) is 12.5. The maximum Gasteiger partial charge on any atom is 0.123 e. The number of unbranched alkanes of at least 4 members (excludes halogenated alkanes) is 1.